The fraction of sp³-hybridized carbons (Fsp3) is 0.0435. The van der Waals surface area contributed by atoms with Crippen LogP contribution in [0.15, 0.2) is 72.3 Å². The molecule has 3 aromatic rings. The highest BCUT2D eigenvalue weighted by Gasteiger charge is 2.11. The van der Waals surface area contributed by atoms with Gasteiger partial charge in [0.25, 0.3) is 5.91 Å². The Balaban J connectivity index is 1.70. The van der Waals surface area contributed by atoms with E-state index < -0.39 is 5.91 Å². The van der Waals surface area contributed by atoms with Crippen molar-refractivity contribution in [3.05, 3.63) is 98.5 Å². The summed E-state index contributed by atoms with van der Waals surface area (Å²) in [5.41, 5.74) is 1.98. The number of nitrogens with one attached hydrogen (secondary N) is 1. The van der Waals surface area contributed by atoms with E-state index in [2.05, 4.69) is 5.32 Å². The molecule has 0 saturated heterocycles. The average molecular weight is 458 g/mol. The van der Waals surface area contributed by atoms with E-state index in [1.54, 1.807) is 48.5 Å². The number of hydrogen-bond donors (Lipinski definition) is 1. The third kappa shape index (κ3) is 6.01. The van der Waals surface area contributed by atoms with Crippen molar-refractivity contribution < 1.29 is 9.53 Å². The number of hydrogen-bond acceptors (Lipinski definition) is 3. The highest BCUT2D eigenvalue weighted by Crippen LogP contribution is 2.27. The van der Waals surface area contributed by atoms with Crippen LogP contribution in [0.5, 0.6) is 5.75 Å². The Bertz CT molecular complexity index is 1140. The minimum Gasteiger partial charge on any atom is -0.487 e. The fourth-order valence-corrected chi connectivity index (χ4v) is 3.14. The molecule has 0 bridgehead atoms. The molecule has 1 amide bonds. The lowest BCUT2D eigenvalue weighted by Gasteiger charge is -2.09. The maximum absolute atomic E-state index is 12.4. The number of rotatable bonds is 6. The molecule has 0 aliphatic rings. The summed E-state index contributed by atoms with van der Waals surface area (Å²) in [5.74, 6) is -0.0462. The lowest BCUT2D eigenvalue weighted by molar-refractivity contribution is -0.112. The molecule has 0 aliphatic carbocycles. The molecule has 4 nitrogen and oxygen atoms in total. The van der Waals surface area contributed by atoms with E-state index in [0.717, 1.165) is 5.56 Å². The Morgan fingerprint density at radius 3 is 2.43 bits per heavy atom. The van der Waals surface area contributed by atoms with Crippen molar-refractivity contribution >= 4 is 52.5 Å². The lowest BCUT2D eigenvalue weighted by atomic mass is 10.1. The quantitative estimate of drug-likeness (QED) is 0.328. The zero-order chi connectivity index (χ0) is 21.5. The van der Waals surface area contributed by atoms with E-state index in [4.69, 9.17) is 39.5 Å². The molecule has 0 atom stereocenters. The van der Waals surface area contributed by atoms with Crippen LogP contribution in [0.1, 0.15) is 11.1 Å². The van der Waals surface area contributed by atoms with E-state index >= 15 is 0 Å². The van der Waals surface area contributed by atoms with E-state index in [0.29, 0.717) is 38.7 Å². The molecule has 1 N–H and O–H groups in total. The molecule has 7 heteroatoms. The number of ether oxygens (including phenoxy) is 1. The van der Waals surface area contributed by atoms with Crippen molar-refractivity contribution in [3.8, 4) is 11.8 Å². The van der Waals surface area contributed by atoms with Crippen molar-refractivity contribution in [2.24, 2.45) is 0 Å². The van der Waals surface area contributed by atoms with Gasteiger partial charge in [-0.15, -0.1) is 0 Å². The van der Waals surface area contributed by atoms with Gasteiger partial charge in [0, 0.05) is 15.7 Å². The van der Waals surface area contributed by atoms with Crippen LogP contribution in [0, 0.1) is 11.3 Å². The standard InChI is InChI=1S/C23H15Cl3N2O2/c24-18-5-7-20(8-6-18)28-23(29)17(13-27)10-15-4-9-22(21(26)12-15)30-14-16-2-1-3-19(25)11-16/h1-12H,14H2,(H,28,29)/b17-10+. The molecule has 30 heavy (non-hydrogen) atoms. The first-order chi connectivity index (χ1) is 14.4. The number of amides is 1. The molecular weight excluding hydrogens is 443 g/mol. The maximum atomic E-state index is 12.4. The predicted molar refractivity (Wildman–Crippen MR) is 121 cm³/mol. The van der Waals surface area contributed by atoms with Crippen molar-refractivity contribution in [1.82, 2.24) is 0 Å². The number of nitriles is 1. The largest absolute Gasteiger partial charge is 0.487 e. The first kappa shape index (κ1) is 21.7. The molecule has 0 saturated carbocycles. The van der Waals surface area contributed by atoms with Crippen LogP contribution < -0.4 is 10.1 Å². The summed E-state index contributed by atoms with van der Waals surface area (Å²) in [6.45, 7) is 0.308. The van der Waals surface area contributed by atoms with Crippen molar-refractivity contribution in [1.29, 1.82) is 5.26 Å². The van der Waals surface area contributed by atoms with Crippen LogP contribution in [0.4, 0.5) is 5.69 Å². The van der Waals surface area contributed by atoms with Crippen molar-refractivity contribution in [2.45, 2.75) is 6.61 Å². The first-order valence-corrected chi connectivity index (χ1v) is 9.93. The SMILES string of the molecule is N#C/C(=C\c1ccc(OCc2cccc(Cl)c2)c(Cl)c1)C(=O)Nc1ccc(Cl)cc1. The summed E-state index contributed by atoms with van der Waals surface area (Å²) >= 11 is 18.1. The van der Waals surface area contributed by atoms with Gasteiger partial charge < -0.3 is 10.1 Å². The van der Waals surface area contributed by atoms with E-state index in [1.165, 1.54) is 6.08 Å². The van der Waals surface area contributed by atoms with Crippen LogP contribution in [0.2, 0.25) is 15.1 Å². The van der Waals surface area contributed by atoms with E-state index in [-0.39, 0.29) is 5.57 Å². The third-order valence-corrected chi connectivity index (χ3v) is 4.80. The molecule has 150 valence electrons. The summed E-state index contributed by atoms with van der Waals surface area (Å²) in [7, 11) is 0. The van der Waals surface area contributed by atoms with Crippen LogP contribution in [-0.2, 0) is 11.4 Å². The highest BCUT2D eigenvalue weighted by molar-refractivity contribution is 6.32. The minimum absolute atomic E-state index is 0.0615. The second-order valence-electron chi connectivity index (χ2n) is 6.24. The number of benzene rings is 3. The Hall–Kier alpha value is -2.97. The normalized spacial score (nSPS) is 10.9. The van der Waals surface area contributed by atoms with Crippen molar-refractivity contribution in [3.63, 3.8) is 0 Å². The van der Waals surface area contributed by atoms with Crippen LogP contribution in [0.25, 0.3) is 6.08 Å². The molecular formula is C23H15Cl3N2O2. The van der Waals surface area contributed by atoms with Gasteiger partial charge >= 0.3 is 0 Å². The van der Waals surface area contributed by atoms with Gasteiger partial charge in [-0.3, -0.25) is 4.79 Å². The third-order valence-electron chi connectivity index (χ3n) is 4.02. The molecule has 0 unspecified atom stereocenters. The number of carbonyl (C=O) groups excluding carboxylic acids is 1. The molecule has 0 spiro atoms. The molecule has 0 aromatic heterocycles. The van der Waals surface area contributed by atoms with E-state index in [1.807, 2.05) is 24.3 Å². The summed E-state index contributed by atoms with van der Waals surface area (Å²) in [5, 5.41) is 13.6. The summed E-state index contributed by atoms with van der Waals surface area (Å²) < 4.78 is 5.73. The van der Waals surface area contributed by atoms with Gasteiger partial charge in [0.05, 0.1) is 5.02 Å². The Morgan fingerprint density at radius 1 is 1.00 bits per heavy atom. The highest BCUT2D eigenvalue weighted by atomic mass is 35.5. The van der Waals surface area contributed by atoms with Gasteiger partial charge in [-0.25, -0.2) is 0 Å². The molecule has 3 aromatic carbocycles. The van der Waals surface area contributed by atoms with Gasteiger partial charge in [0.1, 0.15) is 24.0 Å². The van der Waals surface area contributed by atoms with E-state index in [9.17, 15) is 10.1 Å². The number of carbonyl (C=O) groups is 1. The summed E-state index contributed by atoms with van der Waals surface area (Å²) in [6.07, 6.45) is 1.46. The molecule has 0 fully saturated rings. The Labute approximate surface area is 189 Å². The second kappa shape index (κ2) is 10.2. The monoisotopic (exact) mass is 456 g/mol. The minimum atomic E-state index is -0.530. The Morgan fingerprint density at radius 2 is 1.77 bits per heavy atom. The fourth-order valence-electron chi connectivity index (χ4n) is 2.56. The predicted octanol–water partition coefficient (Wildman–Crippen LogP) is 6.77. The zero-order valence-corrected chi connectivity index (χ0v) is 17.8. The summed E-state index contributed by atoms with van der Waals surface area (Å²) in [4.78, 5) is 12.4. The first-order valence-electron chi connectivity index (χ1n) is 8.80. The van der Waals surface area contributed by atoms with Crippen LogP contribution in [0.3, 0.4) is 0 Å². The summed E-state index contributed by atoms with van der Waals surface area (Å²) in [6, 6.07) is 20.9. The molecule has 3 rings (SSSR count). The molecule has 0 radical (unpaired) electrons. The topological polar surface area (TPSA) is 62.1 Å². The van der Waals surface area contributed by atoms with Crippen molar-refractivity contribution in [2.75, 3.05) is 5.32 Å². The van der Waals surface area contributed by atoms with Gasteiger partial charge in [-0.2, -0.15) is 5.26 Å². The van der Waals surface area contributed by atoms with Gasteiger partial charge in [-0.1, -0.05) is 53.0 Å². The van der Waals surface area contributed by atoms with Gasteiger partial charge in [0.15, 0.2) is 0 Å². The van der Waals surface area contributed by atoms with Crippen LogP contribution in [-0.4, -0.2) is 5.91 Å². The number of anilines is 1. The lowest BCUT2D eigenvalue weighted by Crippen LogP contribution is -2.13. The number of halogens is 3. The second-order valence-corrected chi connectivity index (χ2v) is 7.52. The molecule has 0 aliphatic heterocycles. The Kier molecular flexibility index (Phi) is 7.37. The average Bonchev–Trinajstić information content (AvgIpc) is 2.73. The maximum Gasteiger partial charge on any atom is 0.266 e. The smallest absolute Gasteiger partial charge is 0.266 e. The van der Waals surface area contributed by atoms with Crippen LogP contribution >= 0.6 is 34.8 Å². The van der Waals surface area contributed by atoms with Gasteiger partial charge in [0.2, 0.25) is 0 Å². The van der Waals surface area contributed by atoms with Gasteiger partial charge in [-0.05, 0) is 65.7 Å². The zero-order valence-electron chi connectivity index (χ0n) is 15.5. The number of nitrogens with zero attached hydrogens (tertiary/aromatic N) is 1. The molecule has 0 heterocycles.